The highest BCUT2D eigenvalue weighted by atomic mass is 16.6. The van der Waals surface area contributed by atoms with Crippen LogP contribution in [0, 0.1) is 6.92 Å². The van der Waals surface area contributed by atoms with Crippen LogP contribution in [0.2, 0.25) is 0 Å². The third-order valence-electron chi connectivity index (χ3n) is 2.75. The van der Waals surface area contributed by atoms with Crippen molar-refractivity contribution in [2.45, 2.75) is 13.3 Å². The molecule has 0 aliphatic carbocycles. The van der Waals surface area contributed by atoms with Crippen molar-refractivity contribution in [3.05, 3.63) is 29.5 Å². The molecule has 86 valence electrons. The predicted molar refractivity (Wildman–Crippen MR) is 63.4 cm³/mol. The van der Waals surface area contributed by atoms with Gasteiger partial charge in [0.05, 0.1) is 19.2 Å². The van der Waals surface area contributed by atoms with Gasteiger partial charge >= 0.3 is 0 Å². The zero-order valence-corrected chi connectivity index (χ0v) is 9.54. The number of ether oxygens (including phenoxy) is 1. The van der Waals surface area contributed by atoms with E-state index in [4.69, 9.17) is 10.6 Å². The second-order valence-electron chi connectivity index (χ2n) is 3.81. The molecule has 4 nitrogen and oxygen atoms in total. The Morgan fingerprint density at radius 3 is 2.88 bits per heavy atom. The molecule has 16 heavy (non-hydrogen) atoms. The quantitative estimate of drug-likeness (QED) is 0.774. The largest absolute Gasteiger partial charge is 0.495 e. The molecule has 2 rings (SSSR count). The minimum atomic E-state index is 0.512. The minimum absolute atomic E-state index is 0.512. The van der Waals surface area contributed by atoms with Gasteiger partial charge < -0.3 is 14.6 Å². The van der Waals surface area contributed by atoms with Crippen LogP contribution < -0.4 is 10.6 Å². The molecule has 1 heterocycles. The molecular weight excluding hydrogens is 204 g/mol. The van der Waals surface area contributed by atoms with Gasteiger partial charge in [-0.3, -0.25) is 0 Å². The summed E-state index contributed by atoms with van der Waals surface area (Å²) in [5.74, 6) is 5.89. The zero-order chi connectivity index (χ0) is 11.5. The van der Waals surface area contributed by atoms with Gasteiger partial charge in [-0.15, -0.1) is 0 Å². The van der Waals surface area contributed by atoms with E-state index >= 15 is 0 Å². The lowest BCUT2D eigenvalue weighted by Gasteiger charge is -2.06. The van der Waals surface area contributed by atoms with Crippen molar-refractivity contribution < 1.29 is 9.57 Å². The summed E-state index contributed by atoms with van der Waals surface area (Å²) in [6.07, 6.45) is 2.77. The number of aromatic amines is 1. The average Bonchev–Trinajstić information content (AvgIpc) is 2.68. The number of rotatable bonds is 4. The third kappa shape index (κ3) is 1.89. The van der Waals surface area contributed by atoms with Gasteiger partial charge in [0.15, 0.2) is 0 Å². The van der Waals surface area contributed by atoms with Crippen LogP contribution in [0.1, 0.15) is 11.1 Å². The van der Waals surface area contributed by atoms with E-state index in [1.165, 1.54) is 10.9 Å². The van der Waals surface area contributed by atoms with Crippen molar-refractivity contribution in [2.75, 3.05) is 13.7 Å². The SMILES string of the molecule is COc1cc(CCON)cc2c(C)c[nH]c12. The van der Waals surface area contributed by atoms with Gasteiger partial charge in [-0.1, -0.05) is 0 Å². The van der Waals surface area contributed by atoms with Crippen molar-refractivity contribution in [2.24, 2.45) is 5.90 Å². The first-order valence-electron chi connectivity index (χ1n) is 5.22. The molecule has 2 aromatic rings. The summed E-state index contributed by atoms with van der Waals surface area (Å²) in [5.41, 5.74) is 3.42. The Hall–Kier alpha value is -1.52. The van der Waals surface area contributed by atoms with Crippen LogP contribution in [-0.2, 0) is 11.3 Å². The molecule has 1 aromatic carbocycles. The first-order chi connectivity index (χ1) is 7.76. The van der Waals surface area contributed by atoms with Crippen molar-refractivity contribution in [1.29, 1.82) is 0 Å². The molecule has 0 unspecified atom stereocenters. The van der Waals surface area contributed by atoms with Gasteiger partial charge in [0, 0.05) is 11.6 Å². The summed E-state index contributed by atoms with van der Waals surface area (Å²) in [6.45, 7) is 2.58. The maximum absolute atomic E-state index is 5.36. The topological polar surface area (TPSA) is 60.3 Å². The van der Waals surface area contributed by atoms with Gasteiger partial charge in [-0.2, -0.15) is 0 Å². The molecular formula is C12H16N2O2. The Labute approximate surface area is 94.3 Å². The Morgan fingerprint density at radius 1 is 1.38 bits per heavy atom. The normalized spacial score (nSPS) is 10.9. The lowest BCUT2D eigenvalue weighted by molar-refractivity contribution is 0.141. The summed E-state index contributed by atoms with van der Waals surface area (Å²) in [4.78, 5) is 7.80. The number of hydrogen-bond acceptors (Lipinski definition) is 3. The fraction of sp³-hybridized carbons (Fsp3) is 0.333. The second kappa shape index (κ2) is 4.55. The van der Waals surface area contributed by atoms with E-state index in [1.54, 1.807) is 7.11 Å². The van der Waals surface area contributed by atoms with Crippen LogP contribution in [0.25, 0.3) is 10.9 Å². The maximum atomic E-state index is 5.36. The summed E-state index contributed by atoms with van der Waals surface area (Å²) < 4.78 is 5.36. The molecule has 0 aliphatic rings. The molecule has 0 radical (unpaired) electrons. The summed E-state index contributed by atoms with van der Waals surface area (Å²) in [7, 11) is 1.67. The van der Waals surface area contributed by atoms with E-state index in [1.807, 2.05) is 12.3 Å². The smallest absolute Gasteiger partial charge is 0.143 e. The van der Waals surface area contributed by atoms with Crippen LogP contribution in [0.15, 0.2) is 18.3 Å². The zero-order valence-electron chi connectivity index (χ0n) is 9.54. The van der Waals surface area contributed by atoms with E-state index in [0.29, 0.717) is 6.61 Å². The summed E-state index contributed by atoms with van der Waals surface area (Å²) in [6, 6.07) is 4.15. The number of H-pyrrole nitrogens is 1. The number of hydrogen-bond donors (Lipinski definition) is 2. The van der Waals surface area contributed by atoms with Crippen molar-refractivity contribution in [3.63, 3.8) is 0 Å². The Kier molecular flexibility index (Phi) is 3.12. The van der Waals surface area contributed by atoms with Crippen molar-refractivity contribution in [1.82, 2.24) is 4.98 Å². The van der Waals surface area contributed by atoms with Gasteiger partial charge in [0.2, 0.25) is 0 Å². The van der Waals surface area contributed by atoms with Gasteiger partial charge in [0.25, 0.3) is 0 Å². The van der Waals surface area contributed by atoms with Crippen LogP contribution in [0.5, 0.6) is 5.75 Å². The summed E-state index contributed by atoms with van der Waals surface area (Å²) in [5, 5.41) is 1.19. The van der Waals surface area contributed by atoms with Crippen LogP contribution in [0.3, 0.4) is 0 Å². The van der Waals surface area contributed by atoms with Gasteiger partial charge in [-0.25, -0.2) is 5.90 Å². The number of nitrogens with two attached hydrogens (primary N) is 1. The molecule has 0 aliphatic heterocycles. The molecule has 0 amide bonds. The fourth-order valence-corrected chi connectivity index (χ4v) is 1.87. The standard InChI is InChI=1S/C12H16N2O2/c1-8-7-14-12-10(8)5-9(3-4-16-13)6-11(12)15-2/h5-7,14H,3-4,13H2,1-2H3. The number of aromatic nitrogens is 1. The van der Waals surface area contributed by atoms with Crippen LogP contribution in [-0.4, -0.2) is 18.7 Å². The molecule has 0 saturated heterocycles. The molecule has 0 atom stereocenters. The Bertz CT molecular complexity index is 491. The third-order valence-corrected chi connectivity index (χ3v) is 2.75. The maximum Gasteiger partial charge on any atom is 0.143 e. The lowest BCUT2D eigenvalue weighted by atomic mass is 10.1. The lowest BCUT2D eigenvalue weighted by Crippen LogP contribution is -2.03. The fourth-order valence-electron chi connectivity index (χ4n) is 1.87. The number of benzene rings is 1. The first-order valence-corrected chi connectivity index (χ1v) is 5.22. The second-order valence-corrected chi connectivity index (χ2v) is 3.81. The van der Waals surface area contributed by atoms with Crippen molar-refractivity contribution >= 4 is 10.9 Å². The first kappa shape index (κ1) is 11.0. The minimum Gasteiger partial charge on any atom is -0.495 e. The van der Waals surface area contributed by atoms with E-state index in [-0.39, 0.29) is 0 Å². The van der Waals surface area contributed by atoms with Gasteiger partial charge in [-0.05, 0) is 36.6 Å². The molecule has 0 spiro atoms. The van der Waals surface area contributed by atoms with Crippen LogP contribution >= 0.6 is 0 Å². The van der Waals surface area contributed by atoms with E-state index in [2.05, 4.69) is 22.8 Å². The monoisotopic (exact) mass is 220 g/mol. The van der Waals surface area contributed by atoms with Crippen molar-refractivity contribution in [3.8, 4) is 5.75 Å². The molecule has 4 heteroatoms. The molecule has 1 aromatic heterocycles. The number of aryl methyl sites for hydroxylation is 1. The molecule has 0 bridgehead atoms. The highest BCUT2D eigenvalue weighted by molar-refractivity contribution is 5.88. The number of methoxy groups -OCH3 is 1. The van der Waals surface area contributed by atoms with E-state index in [0.717, 1.165) is 23.3 Å². The highest BCUT2D eigenvalue weighted by Crippen LogP contribution is 2.28. The molecule has 0 fully saturated rings. The number of nitrogens with one attached hydrogen (secondary N) is 1. The molecule has 3 N–H and O–H groups in total. The van der Waals surface area contributed by atoms with E-state index in [9.17, 15) is 0 Å². The van der Waals surface area contributed by atoms with Crippen LogP contribution in [0.4, 0.5) is 0 Å². The molecule has 0 saturated carbocycles. The van der Waals surface area contributed by atoms with E-state index < -0.39 is 0 Å². The Morgan fingerprint density at radius 2 is 2.19 bits per heavy atom. The Balaban J connectivity index is 2.48. The average molecular weight is 220 g/mol. The number of fused-ring (bicyclic) bond motifs is 1. The highest BCUT2D eigenvalue weighted by Gasteiger charge is 2.08. The summed E-state index contributed by atoms with van der Waals surface area (Å²) >= 11 is 0. The predicted octanol–water partition coefficient (Wildman–Crippen LogP) is 1.92. The van der Waals surface area contributed by atoms with Gasteiger partial charge in [0.1, 0.15) is 5.75 Å².